The van der Waals surface area contributed by atoms with Gasteiger partial charge in [0.2, 0.25) is 5.91 Å². The fourth-order valence-electron chi connectivity index (χ4n) is 1.18. The van der Waals surface area contributed by atoms with Gasteiger partial charge in [-0.2, -0.15) is 0 Å². The molecule has 1 aliphatic rings. The Morgan fingerprint density at radius 1 is 1.80 bits per heavy atom. The molecule has 0 bridgehead atoms. The molecule has 0 aromatic heterocycles. The van der Waals surface area contributed by atoms with E-state index < -0.39 is 0 Å². The normalized spacial score (nSPS) is 25.4. The van der Waals surface area contributed by atoms with Gasteiger partial charge in [0.05, 0.1) is 6.17 Å². The van der Waals surface area contributed by atoms with Crippen LogP contribution in [0.2, 0.25) is 0 Å². The van der Waals surface area contributed by atoms with Crippen molar-refractivity contribution in [3.63, 3.8) is 0 Å². The smallest absolute Gasteiger partial charge is 0.238 e. The van der Waals surface area contributed by atoms with Crippen LogP contribution in [0.5, 0.6) is 0 Å². The van der Waals surface area contributed by atoms with Crippen molar-refractivity contribution in [2.45, 2.75) is 19.0 Å². The van der Waals surface area contributed by atoms with Crippen LogP contribution in [0.4, 0.5) is 0 Å². The lowest BCUT2D eigenvalue weighted by atomic mass is 10.3. The van der Waals surface area contributed by atoms with Gasteiger partial charge >= 0.3 is 0 Å². The number of amides is 1. The Morgan fingerprint density at radius 2 is 2.50 bits per heavy atom. The maximum Gasteiger partial charge on any atom is 0.238 e. The molecule has 1 saturated heterocycles. The maximum atomic E-state index is 10.9. The molecule has 0 saturated carbocycles. The summed E-state index contributed by atoms with van der Waals surface area (Å²) in [6, 6.07) is 0. The van der Waals surface area contributed by atoms with Crippen molar-refractivity contribution in [2.24, 2.45) is 5.73 Å². The number of likely N-dealkylation sites (tertiary alicyclic amines) is 1. The molecule has 0 aliphatic carbocycles. The Morgan fingerprint density at radius 3 is 2.90 bits per heavy atom. The maximum absolute atomic E-state index is 10.9. The number of hydrogen-bond donors (Lipinski definition) is 1. The molecule has 0 aromatic rings. The number of rotatable bonds is 1. The van der Waals surface area contributed by atoms with Crippen LogP contribution >= 0.6 is 11.6 Å². The highest BCUT2D eigenvalue weighted by Crippen LogP contribution is 2.12. The molecule has 1 rings (SSSR count). The Hall–Kier alpha value is -0.280. The minimum Gasteiger partial charge on any atom is -0.326 e. The van der Waals surface area contributed by atoms with Crippen LogP contribution in [0.3, 0.4) is 0 Å². The van der Waals surface area contributed by atoms with Crippen molar-refractivity contribution in [1.82, 2.24) is 4.90 Å². The monoisotopic (exact) mass is 162 g/mol. The molecular formula is C6H11ClN2O. The summed E-state index contributed by atoms with van der Waals surface area (Å²) < 4.78 is 0. The van der Waals surface area contributed by atoms with Gasteiger partial charge in [-0.25, -0.2) is 0 Å². The van der Waals surface area contributed by atoms with E-state index in [-0.39, 0.29) is 18.0 Å². The van der Waals surface area contributed by atoms with E-state index in [2.05, 4.69) is 0 Å². The SMILES string of the molecule is NC1CCCN1C(=O)CCl. The summed E-state index contributed by atoms with van der Waals surface area (Å²) in [5.74, 6) is -0.0000772. The summed E-state index contributed by atoms with van der Waals surface area (Å²) in [5.41, 5.74) is 5.60. The van der Waals surface area contributed by atoms with E-state index in [1.165, 1.54) is 0 Å². The third-order valence-electron chi connectivity index (χ3n) is 1.73. The predicted octanol–water partition coefficient (Wildman–Crippen LogP) is 0.132. The largest absolute Gasteiger partial charge is 0.326 e. The van der Waals surface area contributed by atoms with Gasteiger partial charge in [0.1, 0.15) is 5.88 Å². The Kier molecular flexibility index (Phi) is 2.51. The molecule has 2 N–H and O–H groups in total. The fourth-order valence-corrected chi connectivity index (χ4v) is 1.33. The molecule has 1 atom stereocenters. The molecule has 1 heterocycles. The van der Waals surface area contributed by atoms with Crippen molar-refractivity contribution < 1.29 is 4.79 Å². The van der Waals surface area contributed by atoms with Gasteiger partial charge in [0.25, 0.3) is 0 Å². The zero-order valence-electron chi connectivity index (χ0n) is 5.72. The van der Waals surface area contributed by atoms with E-state index in [1.54, 1.807) is 4.90 Å². The van der Waals surface area contributed by atoms with E-state index in [0.717, 1.165) is 19.4 Å². The summed E-state index contributed by atoms with van der Waals surface area (Å²) in [5, 5.41) is 0. The van der Waals surface area contributed by atoms with Crippen LogP contribution in [-0.2, 0) is 4.79 Å². The van der Waals surface area contributed by atoms with Crippen LogP contribution in [0.25, 0.3) is 0 Å². The number of nitrogens with two attached hydrogens (primary N) is 1. The number of carbonyl (C=O) groups excluding carboxylic acids is 1. The first kappa shape index (κ1) is 7.82. The zero-order chi connectivity index (χ0) is 7.56. The zero-order valence-corrected chi connectivity index (χ0v) is 6.47. The van der Waals surface area contributed by atoms with Crippen LogP contribution < -0.4 is 5.73 Å². The molecule has 58 valence electrons. The molecule has 0 radical (unpaired) electrons. The summed E-state index contributed by atoms with van der Waals surface area (Å²) >= 11 is 5.35. The number of halogens is 1. The predicted molar refractivity (Wildman–Crippen MR) is 39.6 cm³/mol. The van der Waals surface area contributed by atoms with Crippen molar-refractivity contribution in [3.05, 3.63) is 0 Å². The first-order valence-electron chi connectivity index (χ1n) is 3.36. The van der Waals surface area contributed by atoms with E-state index >= 15 is 0 Å². The molecule has 3 nitrogen and oxygen atoms in total. The lowest BCUT2D eigenvalue weighted by molar-refractivity contribution is -0.129. The minimum absolute atomic E-state index is 0.0493. The second-order valence-electron chi connectivity index (χ2n) is 2.43. The summed E-state index contributed by atoms with van der Waals surface area (Å²) in [6.07, 6.45) is 1.82. The Labute approximate surface area is 65.1 Å². The second-order valence-corrected chi connectivity index (χ2v) is 2.70. The first-order valence-corrected chi connectivity index (χ1v) is 3.90. The van der Waals surface area contributed by atoms with Crippen LogP contribution in [0, 0.1) is 0 Å². The van der Waals surface area contributed by atoms with E-state index in [1.807, 2.05) is 0 Å². The Balaban J connectivity index is 2.46. The van der Waals surface area contributed by atoms with Crippen LogP contribution in [-0.4, -0.2) is 29.4 Å². The molecule has 1 fully saturated rings. The standard InChI is InChI=1S/C6H11ClN2O/c7-4-6(10)9-3-1-2-5(9)8/h5H,1-4,8H2. The number of hydrogen-bond acceptors (Lipinski definition) is 2. The molecule has 0 aromatic carbocycles. The average molecular weight is 163 g/mol. The lowest BCUT2D eigenvalue weighted by Crippen LogP contribution is -2.41. The van der Waals surface area contributed by atoms with Gasteiger partial charge in [-0.05, 0) is 12.8 Å². The molecule has 4 heteroatoms. The molecule has 1 aliphatic heterocycles. The van der Waals surface area contributed by atoms with E-state index in [9.17, 15) is 4.79 Å². The van der Waals surface area contributed by atoms with E-state index in [4.69, 9.17) is 17.3 Å². The second kappa shape index (κ2) is 3.21. The highest BCUT2D eigenvalue weighted by atomic mass is 35.5. The first-order chi connectivity index (χ1) is 4.75. The third-order valence-corrected chi connectivity index (χ3v) is 1.96. The van der Waals surface area contributed by atoms with Crippen molar-refractivity contribution in [1.29, 1.82) is 0 Å². The average Bonchev–Trinajstić information content (AvgIpc) is 2.34. The van der Waals surface area contributed by atoms with Crippen molar-refractivity contribution in [2.75, 3.05) is 12.4 Å². The van der Waals surface area contributed by atoms with Gasteiger partial charge in [0.15, 0.2) is 0 Å². The van der Waals surface area contributed by atoms with Gasteiger partial charge in [-0.1, -0.05) is 0 Å². The van der Waals surface area contributed by atoms with Gasteiger partial charge in [0, 0.05) is 6.54 Å². The molecular weight excluding hydrogens is 152 g/mol. The van der Waals surface area contributed by atoms with Crippen molar-refractivity contribution in [3.8, 4) is 0 Å². The van der Waals surface area contributed by atoms with Gasteiger partial charge in [-0.3, -0.25) is 4.79 Å². The van der Waals surface area contributed by atoms with E-state index in [0.29, 0.717) is 0 Å². The molecule has 1 unspecified atom stereocenters. The van der Waals surface area contributed by atoms with Crippen molar-refractivity contribution >= 4 is 17.5 Å². The summed E-state index contributed by atoms with van der Waals surface area (Å²) in [4.78, 5) is 12.6. The fraction of sp³-hybridized carbons (Fsp3) is 0.833. The minimum atomic E-state index is -0.0914. The highest BCUT2D eigenvalue weighted by Gasteiger charge is 2.24. The number of carbonyl (C=O) groups is 1. The highest BCUT2D eigenvalue weighted by molar-refractivity contribution is 6.27. The van der Waals surface area contributed by atoms with Crippen LogP contribution in [0.15, 0.2) is 0 Å². The lowest BCUT2D eigenvalue weighted by Gasteiger charge is -2.19. The quantitative estimate of drug-likeness (QED) is 0.558. The molecule has 1 amide bonds. The third kappa shape index (κ3) is 1.41. The summed E-state index contributed by atoms with van der Waals surface area (Å²) in [6.45, 7) is 0.771. The number of nitrogens with zero attached hydrogens (tertiary/aromatic N) is 1. The van der Waals surface area contributed by atoms with Gasteiger partial charge in [-0.15, -0.1) is 11.6 Å². The summed E-state index contributed by atoms with van der Waals surface area (Å²) in [7, 11) is 0. The molecule has 10 heavy (non-hydrogen) atoms. The molecule has 0 spiro atoms. The number of alkyl halides is 1. The van der Waals surface area contributed by atoms with Crippen LogP contribution in [0.1, 0.15) is 12.8 Å². The Bertz CT molecular complexity index is 140. The topological polar surface area (TPSA) is 46.3 Å². The van der Waals surface area contributed by atoms with Gasteiger partial charge < -0.3 is 10.6 Å².